The van der Waals surface area contributed by atoms with Crippen LogP contribution in [0, 0.1) is 6.92 Å². The van der Waals surface area contributed by atoms with Crippen molar-refractivity contribution in [2.45, 2.75) is 39.2 Å². The first-order valence-corrected chi connectivity index (χ1v) is 9.45. The van der Waals surface area contributed by atoms with Crippen molar-refractivity contribution in [1.82, 2.24) is 0 Å². The third-order valence-electron chi connectivity index (χ3n) is 5.83. The highest BCUT2D eigenvalue weighted by molar-refractivity contribution is 5.83. The van der Waals surface area contributed by atoms with E-state index in [0.29, 0.717) is 11.8 Å². The zero-order chi connectivity index (χ0) is 17.9. The van der Waals surface area contributed by atoms with Crippen molar-refractivity contribution >= 4 is 5.57 Å². The molecule has 25 heavy (non-hydrogen) atoms. The number of hydrogen-bond acceptors (Lipinski definition) is 1. The number of likely N-dealkylation sites (tertiary alicyclic amines) is 1. The van der Waals surface area contributed by atoms with Crippen LogP contribution in [0.25, 0.3) is 5.57 Å². The lowest BCUT2D eigenvalue weighted by Gasteiger charge is -2.43. The molecule has 1 heterocycles. The number of hydrogen-bond donors (Lipinski definition) is 1. The van der Waals surface area contributed by atoms with Crippen LogP contribution in [0.15, 0.2) is 54.6 Å². The third-order valence-corrected chi connectivity index (χ3v) is 5.83. The van der Waals surface area contributed by atoms with Gasteiger partial charge >= 0.3 is 0 Å². The Balaban J connectivity index is 2.13. The fourth-order valence-electron chi connectivity index (χ4n) is 3.98. The second-order valence-corrected chi connectivity index (χ2v) is 7.55. The van der Waals surface area contributed by atoms with Crippen molar-refractivity contribution in [2.75, 3.05) is 20.1 Å². The molecule has 2 unspecified atom stereocenters. The molecule has 0 aliphatic carbocycles. The first-order valence-electron chi connectivity index (χ1n) is 9.45. The molecule has 1 aliphatic rings. The van der Waals surface area contributed by atoms with E-state index < -0.39 is 0 Å². The fraction of sp³-hybridized carbons (Fsp3) is 0.391. The molecule has 0 amide bonds. The summed E-state index contributed by atoms with van der Waals surface area (Å²) in [5.74, 6) is 0.363. The molecule has 0 spiro atoms. The number of phenolic OH excluding ortho intramolecular Hbond substituents is 1. The Morgan fingerprint density at radius 3 is 2.64 bits per heavy atom. The van der Waals surface area contributed by atoms with E-state index in [1.807, 2.05) is 18.2 Å². The number of piperidine rings is 1. The maximum atomic E-state index is 10.5. The average Bonchev–Trinajstić information content (AvgIpc) is 2.64. The summed E-state index contributed by atoms with van der Waals surface area (Å²) in [6.45, 7) is 6.75. The minimum atomic E-state index is 0.363. The number of rotatable bonds is 4. The molecule has 0 bridgehead atoms. The molecule has 2 aromatic rings. The number of nitrogens with zero attached hydrogens (tertiary/aromatic N) is 1. The summed E-state index contributed by atoms with van der Waals surface area (Å²) in [5.41, 5.74) is 4.45. The zero-order valence-electron chi connectivity index (χ0n) is 15.7. The standard InChI is InChI=1S/C23H29NO/c1-4-24(3)15-9-8-12-20(24)17-21(19-10-6-5-7-11-19)22-16-18(2)13-14-23(22)25/h5-7,10-11,13-14,16-17,20H,4,8-9,12,15H2,1-3H3/p+1/b21-17+. The van der Waals surface area contributed by atoms with Gasteiger partial charge in [0.15, 0.2) is 0 Å². The summed E-state index contributed by atoms with van der Waals surface area (Å²) < 4.78 is 1.09. The Morgan fingerprint density at radius 1 is 1.16 bits per heavy atom. The molecule has 2 atom stereocenters. The van der Waals surface area contributed by atoms with E-state index >= 15 is 0 Å². The van der Waals surface area contributed by atoms with Crippen LogP contribution < -0.4 is 0 Å². The minimum absolute atomic E-state index is 0.363. The van der Waals surface area contributed by atoms with Gasteiger partial charge in [-0.05, 0) is 56.0 Å². The maximum Gasteiger partial charge on any atom is 0.123 e. The van der Waals surface area contributed by atoms with Gasteiger partial charge in [0.05, 0.1) is 20.1 Å². The van der Waals surface area contributed by atoms with Gasteiger partial charge in [0.2, 0.25) is 0 Å². The van der Waals surface area contributed by atoms with Gasteiger partial charge in [-0.2, -0.15) is 0 Å². The molecule has 2 heteroatoms. The zero-order valence-corrected chi connectivity index (χ0v) is 15.7. The Labute approximate surface area is 152 Å². The Kier molecular flexibility index (Phi) is 5.29. The van der Waals surface area contributed by atoms with Crippen molar-refractivity contribution in [2.24, 2.45) is 0 Å². The van der Waals surface area contributed by atoms with Gasteiger partial charge in [0.25, 0.3) is 0 Å². The lowest BCUT2D eigenvalue weighted by molar-refractivity contribution is -0.930. The van der Waals surface area contributed by atoms with Gasteiger partial charge in [-0.25, -0.2) is 0 Å². The van der Waals surface area contributed by atoms with E-state index in [4.69, 9.17) is 0 Å². The van der Waals surface area contributed by atoms with Crippen molar-refractivity contribution in [3.63, 3.8) is 0 Å². The van der Waals surface area contributed by atoms with Crippen molar-refractivity contribution in [1.29, 1.82) is 0 Å². The molecule has 0 aromatic heterocycles. The number of quaternary nitrogens is 1. The predicted octanol–water partition coefficient (Wildman–Crippen LogP) is 5.15. The van der Waals surface area contributed by atoms with Gasteiger partial charge in [-0.3, -0.25) is 0 Å². The van der Waals surface area contributed by atoms with Crippen LogP contribution in [0.4, 0.5) is 0 Å². The summed E-state index contributed by atoms with van der Waals surface area (Å²) in [5, 5.41) is 10.5. The van der Waals surface area contributed by atoms with Crippen LogP contribution in [-0.4, -0.2) is 35.8 Å². The highest BCUT2D eigenvalue weighted by atomic mass is 16.3. The molecule has 2 aromatic carbocycles. The first kappa shape index (κ1) is 17.8. The van der Waals surface area contributed by atoms with Crippen LogP contribution in [0.3, 0.4) is 0 Å². The van der Waals surface area contributed by atoms with Crippen molar-refractivity contribution < 1.29 is 9.59 Å². The summed E-state index contributed by atoms with van der Waals surface area (Å²) in [6.07, 6.45) is 6.24. The normalized spacial score (nSPS) is 24.3. The summed E-state index contributed by atoms with van der Waals surface area (Å²) in [6, 6.07) is 16.9. The monoisotopic (exact) mass is 336 g/mol. The SMILES string of the molecule is CC[N+]1(C)CCCCC1/C=C(\c1ccccc1)c1cc(C)ccc1O. The van der Waals surface area contributed by atoms with Crippen LogP contribution in [0.2, 0.25) is 0 Å². The third kappa shape index (κ3) is 3.80. The van der Waals surface area contributed by atoms with Gasteiger partial charge in [-0.15, -0.1) is 0 Å². The van der Waals surface area contributed by atoms with E-state index in [1.54, 1.807) is 0 Å². The topological polar surface area (TPSA) is 20.2 Å². The van der Waals surface area contributed by atoms with Gasteiger partial charge in [0, 0.05) is 12.0 Å². The van der Waals surface area contributed by atoms with Crippen molar-refractivity contribution in [3.05, 3.63) is 71.3 Å². The largest absolute Gasteiger partial charge is 0.507 e. The molecule has 3 rings (SSSR count). The maximum absolute atomic E-state index is 10.5. The fourth-order valence-corrected chi connectivity index (χ4v) is 3.98. The molecule has 1 N–H and O–H groups in total. The molecular weight excluding hydrogens is 306 g/mol. The molecule has 1 fully saturated rings. The first-order chi connectivity index (χ1) is 12.0. The molecule has 2 nitrogen and oxygen atoms in total. The Morgan fingerprint density at radius 2 is 1.92 bits per heavy atom. The average molecular weight is 336 g/mol. The lowest BCUT2D eigenvalue weighted by atomic mass is 9.90. The Hall–Kier alpha value is -2.06. The second kappa shape index (κ2) is 7.45. The van der Waals surface area contributed by atoms with Crippen LogP contribution >= 0.6 is 0 Å². The Bertz CT molecular complexity index is 750. The predicted molar refractivity (Wildman–Crippen MR) is 106 cm³/mol. The van der Waals surface area contributed by atoms with E-state index in [-0.39, 0.29) is 0 Å². The molecule has 132 valence electrons. The highest BCUT2D eigenvalue weighted by Gasteiger charge is 2.33. The van der Waals surface area contributed by atoms with E-state index in [1.165, 1.54) is 36.9 Å². The number of likely N-dealkylation sites (N-methyl/N-ethyl adjacent to an activating group) is 1. The lowest BCUT2D eigenvalue weighted by Crippen LogP contribution is -2.54. The minimum Gasteiger partial charge on any atom is -0.507 e. The van der Waals surface area contributed by atoms with E-state index in [2.05, 4.69) is 57.3 Å². The van der Waals surface area contributed by atoms with Crippen molar-refractivity contribution in [3.8, 4) is 5.75 Å². The quantitative estimate of drug-likeness (QED) is 0.765. The molecule has 0 radical (unpaired) electrons. The summed E-state index contributed by atoms with van der Waals surface area (Å²) >= 11 is 0. The molecule has 1 aliphatic heterocycles. The summed E-state index contributed by atoms with van der Waals surface area (Å²) in [4.78, 5) is 0. The number of benzene rings is 2. The molecular formula is C23H30NO+. The van der Waals surface area contributed by atoms with Gasteiger partial charge in [0.1, 0.15) is 11.8 Å². The van der Waals surface area contributed by atoms with Crippen LogP contribution in [0.5, 0.6) is 5.75 Å². The molecule has 1 saturated heterocycles. The highest BCUT2D eigenvalue weighted by Crippen LogP contribution is 2.34. The molecule has 0 saturated carbocycles. The smallest absolute Gasteiger partial charge is 0.123 e. The van der Waals surface area contributed by atoms with Gasteiger partial charge < -0.3 is 9.59 Å². The van der Waals surface area contributed by atoms with E-state index in [0.717, 1.165) is 22.2 Å². The second-order valence-electron chi connectivity index (χ2n) is 7.55. The van der Waals surface area contributed by atoms with Gasteiger partial charge in [-0.1, -0.05) is 42.0 Å². The number of aryl methyl sites for hydroxylation is 1. The van der Waals surface area contributed by atoms with E-state index in [9.17, 15) is 5.11 Å². The number of aromatic hydroxyl groups is 1. The summed E-state index contributed by atoms with van der Waals surface area (Å²) in [7, 11) is 2.37. The van der Waals surface area contributed by atoms with Crippen LogP contribution in [-0.2, 0) is 0 Å². The van der Waals surface area contributed by atoms with Crippen LogP contribution in [0.1, 0.15) is 42.9 Å². The number of phenols is 1.